The molecule has 1 aromatic carbocycles. The van der Waals surface area contributed by atoms with Gasteiger partial charge in [0.05, 0.1) is 11.3 Å². The Labute approximate surface area is 208 Å². The zero-order valence-corrected chi connectivity index (χ0v) is 21.5. The molecule has 5 nitrogen and oxygen atoms in total. The van der Waals surface area contributed by atoms with Gasteiger partial charge in [0, 0.05) is 6.54 Å². The highest BCUT2D eigenvalue weighted by Gasteiger charge is 2.17. The minimum atomic E-state index is -0.124. The van der Waals surface area contributed by atoms with E-state index < -0.39 is 0 Å². The molecule has 1 heterocycles. The van der Waals surface area contributed by atoms with Crippen molar-refractivity contribution in [3.8, 4) is 0 Å². The summed E-state index contributed by atoms with van der Waals surface area (Å²) in [4.78, 5) is 12.6. The zero-order chi connectivity index (χ0) is 24.3. The van der Waals surface area contributed by atoms with Crippen molar-refractivity contribution in [3.63, 3.8) is 0 Å². The molecular formula is C29H48N4O. The molecule has 1 aliphatic rings. The highest BCUT2D eigenvalue weighted by molar-refractivity contribution is 5.99. The number of nitrogens with two attached hydrogens (primary N) is 1. The summed E-state index contributed by atoms with van der Waals surface area (Å²) < 4.78 is 0. The summed E-state index contributed by atoms with van der Waals surface area (Å²) in [7, 11) is 0. The van der Waals surface area contributed by atoms with Crippen LogP contribution in [0.2, 0.25) is 0 Å². The standard InChI is InChI=1S/C29H48N4O/c1-2-3-4-5-6-7-8-9-10-11-12-13-14-15-16-20-23-31-29(34)26-24-27(32-33-28(26)30)25-21-18-17-19-22-25/h17-19,21-22,24,32-33H,2-16,20,23,30H2,1H3,(H,31,34). The second kappa shape index (κ2) is 18.0. The van der Waals surface area contributed by atoms with Gasteiger partial charge in [-0.05, 0) is 18.1 Å². The number of hydrazine groups is 1. The maximum Gasteiger partial charge on any atom is 0.255 e. The first-order chi connectivity index (χ1) is 16.7. The van der Waals surface area contributed by atoms with Gasteiger partial charge in [0.1, 0.15) is 5.82 Å². The molecule has 0 unspecified atom stereocenters. The van der Waals surface area contributed by atoms with Crippen molar-refractivity contribution >= 4 is 11.6 Å². The lowest BCUT2D eigenvalue weighted by molar-refractivity contribution is -0.117. The number of carbonyl (C=O) groups excluding carboxylic acids is 1. The predicted octanol–water partition coefficient (Wildman–Crippen LogP) is 6.68. The van der Waals surface area contributed by atoms with Gasteiger partial charge >= 0.3 is 0 Å². The molecule has 5 heteroatoms. The van der Waals surface area contributed by atoms with Crippen LogP contribution in [0.4, 0.5) is 0 Å². The molecule has 0 bridgehead atoms. The Morgan fingerprint density at radius 1 is 0.735 bits per heavy atom. The average Bonchev–Trinajstić information content (AvgIpc) is 2.86. The Hall–Kier alpha value is -2.43. The van der Waals surface area contributed by atoms with E-state index in [-0.39, 0.29) is 5.91 Å². The van der Waals surface area contributed by atoms with E-state index in [1.807, 2.05) is 36.4 Å². The molecule has 0 spiro atoms. The summed E-state index contributed by atoms with van der Waals surface area (Å²) in [5, 5.41) is 3.02. The van der Waals surface area contributed by atoms with E-state index in [1.54, 1.807) is 0 Å². The molecule has 1 amide bonds. The van der Waals surface area contributed by atoms with Gasteiger partial charge in [-0.25, -0.2) is 0 Å². The molecule has 1 aromatic rings. The lowest BCUT2D eigenvalue weighted by atomic mass is 10.0. The van der Waals surface area contributed by atoms with Crippen LogP contribution >= 0.6 is 0 Å². The fourth-order valence-electron chi connectivity index (χ4n) is 4.39. The van der Waals surface area contributed by atoms with Gasteiger partial charge in [0.15, 0.2) is 0 Å². The molecule has 0 fully saturated rings. The number of hydrogen-bond acceptors (Lipinski definition) is 4. The van der Waals surface area contributed by atoms with Gasteiger partial charge in [-0.1, -0.05) is 134 Å². The topological polar surface area (TPSA) is 79.2 Å². The van der Waals surface area contributed by atoms with Crippen LogP contribution in [0.3, 0.4) is 0 Å². The summed E-state index contributed by atoms with van der Waals surface area (Å²) in [6.07, 6.45) is 23.4. The van der Waals surface area contributed by atoms with Crippen LogP contribution in [0.5, 0.6) is 0 Å². The first kappa shape index (κ1) is 27.8. The zero-order valence-electron chi connectivity index (χ0n) is 21.5. The van der Waals surface area contributed by atoms with E-state index in [0.29, 0.717) is 17.9 Å². The van der Waals surface area contributed by atoms with Gasteiger partial charge in [0.2, 0.25) is 0 Å². The Morgan fingerprint density at radius 3 is 1.76 bits per heavy atom. The third-order valence-electron chi connectivity index (χ3n) is 6.56. The SMILES string of the molecule is CCCCCCCCCCCCCCCCCCNC(=O)C1=C(N)NNC(c2ccccc2)=C1. The molecule has 0 saturated carbocycles. The molecule has 2 rings (SSSR count). The van der Waals surface area contributed by atoms with E-state index in [0.717, 1.165) is 24.1 Å². The van der Waals surface area contributed by atoms with E-state index in [1.165, 1.54) is 89.9 Å². The monoisotopic (exact) mass is 468 g/mol. The fraction of sp³-hybridized carbons (Fsp3) is 0.621. The van der Waals surface area contributed by atoms with Crippen LogP contribution in [0.1, 0.15) is 115 Å². The highest BCUT2D eigenvalue weighted by atomic mass is 16.1. The quantitative estimate of drug-likeness (QED) is 0.171. The van der Waals surface area contributed by atoms with Crippen molar-refractivity contribution < 1.29 is 4.79 Å². The third kappa shape index (κ3) is 11.6. The van der Waals surface area contributed by atoms with Crippen LogP contribution in [-0.4, -0.2) is 12.5 Å². The molecule has 1 aliphatic heterocycles. The van der Waals surface area contributed by atoms with Crippen molar-refractivity contribution in [3.05, 3.63) is 53.4 Å². The van der Waals surface area contributed by atoms with Crippen LogP contribution in [0, 0.1) is 0 Å². The summed E-state index contributed by atoms with van der Waals surface area (Å²) in [6.45, 7) is 2.97. The van der Waals surface area contributed by atoms with Crippen molar-refractivity contribution in [2.75, 3.05) is 6.54 Å². The van der Waals surface area contributed by atoms with Crippen LogP contribution in [0.15, 0.2) is 47.8 Å². The summed E-state index contributed by atoms with van der Waals surface area (Å²) in [5.74, 6) is 0.227. The van der Waals surface area contributed by atoms with Crippen molar-refractivity contribution in [2.24, 2.45) is 5.73 Å². The molecule has 5 N–H and O–H groups in total. The fourth-order valence-corrected chi connectivity index (χ4v) is 4.39. The summed E-state index contributed by atoms with van der Waals surface area (Å²) >= 11 is 0. The first-order valence-electron chi connectivity index (χ1n) is 13.8. The number of carbonyl (C=O) groups is 1. The molecule has 0 atom stereocenters. The molecule has 190 valence electrons. The van der Waals surface area contributed by atoms with E-state index in [4.69, 9.17) is 5.73 Å². The number of rotatable bonds is 19. The van der Waals surface area contributed by atoms with Gasteiger partial charge in [-0.2, -0.15) is 0 Å². The third-order valence-corrected chi connectivity index (χ3v) is 6.56. The van der Waals surface area contributed by atoms with Gasteiger partial charge < -0.3 is 11.1 Å². The highest BCUT2D eigenvalue weighted by Crippen LogP contribution is 2.17. The number of unbranched alkanes of at least 4 members (excludes halogenated alkanes) is 15. The number of nitrogens with one attached hydrogen (secondary N) is 3. The molecule has 0 aliphatic carbocycles. The normalized spacial score (nSPS) is 13.3. The number of amides is 1. The number of hydrogen-bond donors (Lipinski definition) is 4. The van der Waals surface area contributed by atoms with Crippen molar-refractivity contribution in [2.45, 2.75) is 110 Å². The maximum atomic E-state index is 12.6. The minimum absolute atomic E-state index is 0.124. The van der Waals surface area contributed by atoms with E-state index in [2.05, 4.69) is 23.1 Å². The molecule has 0 saturated heterocycles. The van der Waals surface area contributed by atoms with Crippen LogP contribution < -0.4 is 21.9 Å². The van der Waals surface area contributed by atoms with Gasteiger partial charge in [-0.15, -0.1) is 0 Å². The molecule has 0 aromatic heterocycles. The first-order valence-corrected chi connectivity index (χ1v) is 13.8. The van der Waals surface area contributed by atoms with E-state index in [9.17, 15) is 4.79 Å². The number of benzene rings is 1. The Bertz CT molecular complexity index is 742. The summed E-state index contributed by atoms with van der Waals surface area (Å²) in [5.41, 5.74) is 14.3. The lowest BCUT2D eigenvalue weighted by Gasteiger charge is -2.21. The second-order valence-corrected chi connectivity index (χ2v) is 9.56. The maximum absolute atomic E-state index is 12.6. The van der Waals surface area contributed by atoms with E-state index >= 15 is 0 Å². The van der Waals surface area contributed by atoms with Crippen LogP contribution in [0.25, 0.3) is 5.70 Å². The Kier molecular flexibility index (Phi) is 14.7. The van der Waals surface area contributed by atoms with Gasteiger partial charge in [0.25, 0.3) is 5.91 Å². The predicted molar refractivity (Wildman–Crippen MR) is 144 cm³/mol. The molecular weight excluding hydrogens is 420 g/mol. The largest absolute Gasteiger partial charge is 0.384 e. The summed E-state index contributed by atoms with van der Waals surface area (Å²) in [6, 6.07) is 9.89. The van der Waals surface area contributed by atoms with Crippen molar-refractivity contribution in [1.82, 2.24) is 16.2 Å². The van der Waals surface area contributed by atoms with Crippen molar-refractivity contribution in [1.29, 1.82) is 0 Å². The van der Waals surface area contributed by atoms with Crippen LogP contribution in [-0.2, 0) is 4.79 Å². The molecule has 34 heavy (non-hydrogen) atoms. The smallest absolute Gasteiger partial charge is 0.255 e. The Balaban J connectivity index is 1.44. The minimum Gasteiger partial charge on any atom is -0.384 e. The lowest BCUT2D eigenvalue weighted by Crippen LogP contribution is -2.40. The molecule has 0 radical (unpaired) electrons. The van der Waals surface area contributed by atoms with Gasteiger partial charge in [-0.3, -0.25) is 15.6 Å². The average molecular weight is 469 g/mol. The Morgan fingerprint density at radius 2 is 1.24 bits per heavy atom. The second-order valence-electron chi connectivity index (χ2n) is 9.56.